The van der Waals surface area contributed by atoms with Gasteiger partial charge in [0.25, 0.3) is 0 Å². The van der Waals surface area contributed by atoms with Crippen LogP contribution in [-0.4, -0.2) is 44.8 Å². The Labute approximate surface area is 144 Å². The van der Waals surface area contributed by atoms with Crippen molar-refractivity contribution in [3.63, 3.8) is 0 Å². The molecule has 1 unspecified atom stereocenters. The molecular weight excluding hydrogens is 304 g/mol. The molecule has 4 fully saturated rings. The minimum atomic E-state index is -0.729. The van der Waals surface area contributed by atoms with E-state index in [0.29, 0.717) is 12.8 Å². The van der Waals surface area contributed by atoms with E-state index in [1.807, 2.05) is 0 Å². The van der Waals surface area contributed by atoms with Crippen molar-refractivity contribution < 1.29 is 20.4 Å². The third-order valence-corrected chi connectivity index (χ3v) is 8.77. The number of aliphatic hydroxyl groups is 4. The smallest absolute Gasteiger partial charge is 0.0835 e. The predicted molar refractivity (Wildman–Crippen MR) is 91.0 cm³/mol. The molecule has 4 aliphatic rings. The first-order valence-electron chi connectivity index (χ1n) is 9.47. The molecular formula is C20H32O4. The molecule has 0 amide bonds. The van der Waals surface area contributed by atoms with Crippen LogP contribution in [0.15, 0.2) is 12.2 Å². The summed E-state index contributed by atoms with van der Waals surface area (Å²) < 4.78 is 0. The van der Waals surface area contributed by atoms with Crippen molar-refractivity contribution in [1.29, 1.82) is 0 Å². The minimum absolute atomic E-state index is 0.114. The molecule has 0 aromatic carbocycles. The molecule has 0 saturated heterocycles. The normalized spacial score (nSPS) is 59.0. The van der Waals surface area contributed by atoms with Crippen molar-refractivity contribution in [2.45, 2.75) is 77.3 Å². The van der Waals surface area contributed by atoms with Gasteiger partial charge in [-0.15, -0.1) is 0 Å². The van der Waals surface area contributed by atoms with Gasteiger partial charge in [-0.05, 0) is 60.3 Å². The monoisotopic (exact) mass is 336 g/mol. The van der Waals surface area contributed by atoms with Crippen LogP contribution in [0.3, 0.4) is 0 Å². The Hall–Kier alpha value is -0.420. The summed E-state index contributed by atoms with van der Waals surface area (Å²) in [5, 5.41) is 43.8. The van der Waals surface area contributed by atoms with Gasteiger partial charge in [0.2, 0.25) is 0 Å². The SMILES string of the molecule is C=C1[C@H]2C[C@H](O)[C@@H]3[C@](C2)([C@H](O)CC2C(C)(C)[C@H](O)CC[C@]23C)[C@@H]1O. The standard InChI is InChI=1S/C20H32O4/c1-10-11-7-12(21)16-19(4)6-5-14(22)18(2,3)13(19)8-15(23)20(16,9-11)17(10)24/h11-17,21-24H,1,5-9H2,2-4H3/t11-,12-,13?,14+,15+,16-,17+,19+,20-/m0/s1. The lowest BCUT2D eigenvalue weighted by atomic mass is 9.39. The van der Waals surface area contributed by atoms with Gasteiger partial charge in [-0.3, -0.25) is 0 Å². The molecule has 2 bridgehead atoms. The van der Waals surface area contributed by atoms with Crippen LogP contribution in [0.1, 0.15) is 52.9 Å². The Kier molecular flexibility index (Phi) is 3.44. The predicted octanol–water partition coefficient (Wildman–Crippen LogP) is 1.86. The van der Waals surface area contributed by atoms with E-state index >= 15 is 0 Å². The van der Waals surface area contributed by atoms with Gasteiger partial charge in [-0.1, -0.05) is 27.4 Å². The van der Waals surface area contributed by atoms with Gasteiger partial charge in [0.1, 0.15) is 0 Å². The maximum absolute atomic E-state index is 11.2. The van der Waals surface area contributed by atoms with Gasteiger partial charge in [0.15, 0.2) is 0 Å². The Morgan fingerprint density at radius 3 is 2.33 bits per heavy atom. The highest BCUT2D eigenvalue weighted by Gasteiger charge is 2.72. The van der Waals surface area contributed by atoms with E-state index in [1.54, 1.807) is 0 Å². The highest BCUT2D eigenvalue weighted by Crippen LogP contribution is 2.71. The summed E-state index contributed by atoms with van der Waals surface area (Å²) in [5.74, 6) is 0.103. The third-order valence-electron chi connectivity index (χ3n) is 8.77. The fraction of sp³-hybridized carbons (Fsp3) is 0.900. The Bertz CT molecular complexity index is 572. The van der Waals surface area contributed by atoms with Crippen LogP contribution in [0.4, 0.5) is 0 Å². The summed E-state index contributed by atoms with van der Waals surface area (Å²) in [6, 6.07) is 0. The average Bonchev–Trinajstić information content (AvgIpc) is 2.70. The minimum Gasteiger partial charge on any atom is -0.393 e. The Morgan fingerprint density at radius 2 is 1.67 bits per heavy atom. The number of aliphatic hydroxyl groups excluding tert-OH is 4. The van der Waals surface area contributed by atoms with E-state index in [9.17, 15) is 20.4 Å². The van der Waals surface area contributed by atoms with Crippen LogP contribution in [0, 0.1) is 34.0 Å². The van der Waals surface area contributed by atoms with Crippen LogP contribution in [0.5, 0.6) is 0 Å². The van der Waals surface area contributed by atoms with Gasteiger partial charge < -0.3 is 20.4 Å². The molecule has 24 heavy (non-hydrogen) atoms. The summed E-state index contributed by atoms with van der Waals surface area (Å²) in [4.78, 5) is 0. The van der Waals surface area contributed by atoms with Crippen molar-refractivity contribution in [1.82, 2.24) is 0 Å². The molecule has 4 rings (SSSR count). The molecule has 4 heteroatoms. The molecule has 4 nitrogen and oxygen atoms in total. The van der Waals surface area contributed by atoms with Crippen LogP contribution >= 0.6 is 0 Å². The van der Waals surface area contributed by atoms with Crippen LogP contribution < -0.4 is 0 Å². The van der Waals surface area contributed by atoms with Crippen molar-refractivity contribution >= 4 is 0 Å². The van der Waals surface area contributed by atoms with E-state index in [2.05, 4.69) is 27.4 Å². The fourth-order valence-electron chi connectivity index (χ4n) is 7.60. The molecule has 0 radical (unpaired) electrons. The lowest BCUT2D eigenvalue weighted by Crippen LogP contribution is -2.68. The van der Waals surface area contributed by atoms with Gasteiger partial charge in [0.05, 0.1) is 24.4 Å². The van der Waals surface area contributed by atoms with Gasteiger partial charge in [-0.25, -0.2) is 0 Å². The topological polar surface area (TPSA) is 80.9 Å². The summed E-state index contributed by atoms with van der Waals surface area (Å²) in [6.07, 6.45) is 1.23. The molecule has 0 heterocycles. The molecule has 4 aliphatic carbocycles. The van der Waals surface area contributed by atoms with E-state index in [1.165, 1.54) is 0 Å². The number of hydrogen-bond acceptors (Lipinski definition) is 4. The van der Waals surface area contributed by atoms with E-state index in [-0.39, 0.29) is 34.7 Å². The molecule has 1 spiro atoms. The molecule has 136 valence electrons. The summed E-state index contributed by atoms with van der Waals surface area (Å²) in [5.41, 5.74) is -0.346. The Morgan fingerprint density at radius 1 is 1.00 bits per heavy atom. The zero-order chi connectivity index (χ0) is 17.7. The van der Waals surface area contributed by atoms with Crippen molar-refractivity contribution in [3.8, 4) is 0 Å². The highest BCUT2D eigenvalue weighted by molar-refractivity contribution is 5.30. The number of hydrogen-bond donors (Lipinski definition) is 4. The summed E-state index contributed by atoms with van der Waals surface area (Å²) in [6.45, 7) is 10.5. The first-order chi connectivity index (χ1) is 11.1. The van der Waals surface area contributed by atoms with Gasteiger partial charge >= 0.3 is 0 Å². The first kappa shape index (κ1) is 17.0. The second-order valence-corrected chi connectivity index (χ2v) is 9.96. The Balaban J connectivity index is 1.86. The lowest BCUT2D eigenvalue weighted by Gasteiger charge is -2.67. The maximum atomic E-state index is 11.2. The first-order valence-corrected chi connectivity index (χ1v) is 9.47. The van der Waals surface area contributed by atoms with Crippen molar-refractivity contribution in [3.05, 3.63) is 12.2 Å². The van der Waals surface area contributed by atoms with Crippen molar-refractivity contribution in [2.75, 3.05) is 0 Å². The van der Waals surface area contributed by atoms with E-state index < -0.39 is 23.7 Å². The van der Waals surface area contributed by atoms with Crippen LogP contribution in [0.2, 0.25) is 0 Å². The lowest BCUT2D eigenvalue weighted by molar-refractivity contribution is -0.259. The molecule has 9 atom stereocenters. The average molecular weight is 336 g/mol. The molecule has 0 aromatic rings. The van der Waals surface area contributed by atoms with Gasteiger partial charge in [-0.2, -0.15) is 0 Å². The van der Waals surface area contributed by atoms with E-state index in [4.69, 9.17) is 0 Å². The summed E-state index contributed by atoms with van der Waals surface area (Å²) in [7, 11) is 0. The molecule has 4 N–H and O–H groups in total. The van der Waals surface area contributed by atoms with Crippen LogP contribution in [-0.2, 0) is 0 Å². The second-order valence-electron chi connectivity index (χ2n) is 9.96. The van der Waals surface area contributed by atoms with Crippen molar-refractivity contribution in [2.24, 2.45) is 34.0 Å². The van der Waals surface area contributed by atoms with E-state index in [0.717, 1.165) is 24.8 Å². The number of rotatable bonds is 0. The highest BCUT2D eigenvalue weighted by atomic mass is 16.3. The zero-order valence-corrected chi connectivity index (χ0v) is 15.1. The molecule has 0 aliphatic heterocycles. The molecule has 0 aromatic heterocycles. The number of fused-ring (bicyclic) bond motifs is 3. The maximum Gasteiger partial charge on any atom is 0.0835 e. The quantitative estimate of drug-likeness (QED) is 0.509. The second kappa shape index (κ2) is 4.85. The zero-order valence-electron chi connectivity index (χ0n) is 15.1. The van der Waals surface area contributed by atoms with Gasteiger partial charge in [0, 0.05) is 11.3 Å². The third kappa shape index (κ3) is 1.74. The molecule has 4 saturated carbocycles. The van der Waals surface area contributed by atoms with Crippen LogP contribution in [0.25, 0.3) is 0 Å². The largest absolute Gasteiger partial charge is 0.393 e. The summed E-state index contributed by atoms with van der Waals surface area (Å²) >= 11 is 0. The fourth-order valence-corrected chi connectivity index (χ4v) is 7.60.